The summed E-state index contributed by atoms with van der Waals surface area (Å²) in [5.74, 6) is 0.789. The van der Waals surface area contributed by atoms with Crippen LogP contribution in [0.4, 0.5) is 5.69 Å². The summed E-state index contributed by atoms with van der Waals surface area (Å²) in [6.45, 7) is 3.95. The molecule has 5 nitrogen and oxygen atoms in total. The number of nitrogens with one attached hydrogen (secondary N) is 2. The number of H-pyrrole nitrogens is 1. The van der Waals surface area contributed by atoms with Gasteiger partial charge >= 0.3 is 0 Å². The van der Waals surface area contributed by atoms with Crippen LogP contribution in [0.25, 0.3) is 11.1 Å². The summed E-state index contributed by atoms with van der Waals surface area (Å²) < 4.78 is 0. The lowest BCUT2D eigenvalue weighted by molar-refractivity contribution is -0.115. The van der Waals surface area contributed by atoms with Crippen molar-refractivity contribution in [2.75, 3.05) is 5.32 Å². The summed E-state index contributed by atoms with van der Waals surface area (Å²) in [7, 11) is 0. The van der Waals surface area contributed by atoms with E-state index in [4.69, 9.17) is 0 Å². The van der Waals surface area contributed by atoms with E-state index in [1.807, 2.05) is 61.5 Å². The van der Waals surface area contributed by atoms with Gasteiger partial charge in [0.25, 0.3) is 0 Å². The summed E-state index contributed by atoms with van der Waals surface area (Å²) in [6, 6.07) is 17.8. The summed E-state index contributed by atoms with van der Waals surface area (Å²) in [5, 5.41) is 10.4. The van der Waals surface area contributed by atoms with E-state index in [0.29, 0.717) is 5.16 Å². The second-order valence-electron chi connectivity index (χ2n) is 5.98. The number of carbonyl (C=O) groups excluding carboxylic acids is 1. The number of aryl methyl sites for hydroxylation is 1. The van der Waals surface area contributed by atoms with E-state index < -0.39 is 0 Å². The van der Waals surface area contributed by atoms with E-state index in [1.165, 1.54) is 11.8 Å². The molecule has 2 aromatic carbocycles. The van der Waals surface area contributed by atoms with Crippen LogP contribution in [-0.4, -0.2) is 26.3 Å². The maximum Gasteiger partial charge on any atom is 0.237 e. The highest BCUT2D eigenvalue weighted by molar-refractivity contribution is 8.00. The number of thioether (sulfide) groups is 1. The van der Waals surface area contributed by atoms with Crippen molar-refractivity contribution in [3.8, 4) is 11.1 Å². The highest BCUT2D eigenvalue weighted by Gasteiger charge is 2.18. The zero-order valence-electron chi connectivity index (χ0n) is 14.9. The predicted molar refractivity (Wildman–Crippen MR) is 106 cm³/mol. The molecule has 1 aromatic heterocycles. The third kappa shape index (κ3) is 4.52. The van der Waals surface area contributed by atoms with Crippen molar-refractivity contribution < 1.29 is 4.79 Å². The van der Waals surface area contributed by atoms with Crippen molar-refractivity contribution in [2.45, 2.75) is 37.1 Å². The second-order valence-corrected chi connectivity index (χ2v) is 7.28. The standard InChI is InChI=1S/C20H22N4OS/c1-3-9-18-22-20(24-23-18)26-14(2)19(25)21-17-13-8-7-12-16(17)15-10-5-4-6-11-15/h4-8,10-14H,3,9H2,1-2H3,(H,21,25)(H,22,23,24). The number of nitrogens with zero attached hydrogens (tertiary/aromatic N) is 2. The number of carbonyl (C=O) groups is 1. The first-order chi connectivity index (χ1) is 12.7. The van der Waals surface area contributed by atoms with Crippen molar-refractivity contribution in [1.29, 1.82) is 0 Å². The summed E-state index contributed by atoms with van der Waals surface area (Å²) in [5.41, 5.74) is 2.88. The molecule has 1 heterocycles. The number of hydrogen-bond acceptors (Lipinski definition) is 4. The van der Waals surface area contributed by atoms with E-state index in [0.717, 1.165) is 35.5 Å². The van der Waals surface area contributed by atoms with Crippen LogP contribution in [-0.2, 0) is 11.2 Å². The van der Waals surface area contributed by atoms with Gasteiger partial charge in [-0.15, -0.1) is 5.10 Å². The molecule has 26 heavy (non-hydrogen) atoms. The van der Waals surface area contributed by atoms with Gasteiger partial charge in [-0.05, 0) is 25.0 Å². The van der Waals surface area contributed by atoms with Crippen molar-refractivity contribution in [3.05, 3.63) is 60.4 Å². The van der Waals surface area contributed by atoms with Crippen LogP contribution in [0.15, 0.2) is 59.8 Å². The van der Waals surface area contributed by atoms with E-state index in [-0.39, 0.29) is 11.2 Å². The van der Waals surface area contributed by atoms with Gasteiger partial charge in [-0.1, -0.05) is 67.2 Å². The number of benzene rings is 2. The Morgan fingerprint density at radius 2 is 1.88 bits per heavy atom. The van der Waals surface area contributed by atoms with Crippen molar-refractivity contribution in [3.63, 3.8) is 0 Å². The Hall–Kier alpha value is -2.60. The van der Waals surface area contributed by atoms with Crippen LogP contribution >= 0.6 is 11.8 Å². The van der Waals surface area contributed by atoms with Crippen molar-refractivity contribution in [2.24, 2.45) is 0 Å². The lowest BCUT2D eigenvalue weighted by Crippen LogP contribution is -2.22. The van der Waals surface area contributed by atoms with Gasteiger partial charge in [0.1, 0.15) is 5.82 Å². The molecule has 1 unspecified atom stereocenters. The van der Waals surface area contributed by atoms with Gasteiger partial charge in [-0.2, -0.15) is 0 Å². The van der Waals surface area contributed by atoms with Crippen LogP contribution in [0.2, 0.25) is 0 Å². The number of aromatic nitrogens is 3. The number of amides is 1. The smallest absolute Gasteiger partial charge is 0.237 e. The Morgan fingerprint density at radius 1 is 1.15 bits per heavy atom. The maximum atomic E-state index is 12.6. The highest BCUT2D eigenvalue weighted by atomic mass is 32.2. The molecule has 0 aliphatic carbocycles. The third-order valence-corrected chi connectivity index (χ3v) is 4.88. The number of para-hydroxylation sites is 1. The van der Waals surface area contributed by atoms with E-state index >= 15 is 0 Å². The molecule has 0 radical (unpaired) electrons. The number of hydrogen-bond donors (Lipinski definition) is 2. The van der Waals surface area contributed by atoms with Gasteiger partial charge in [-0.25, -0.2) is 4.98 Å². The lowest BCUT2D eigenvalue weighted by atomic mass is 10.0. The first-order valence-electron chi connectivity index (χ1n) is 8.70. The fourth-order valence-corrected chi connectivity index (χ4v) is 3.33. The Morgan fingerprint density at radius 3 is 2.65 bits per heavy atom. The van der Waals surface area contributed by atoms with E-state index in [1.54, 1.807) is 0 Å². The summed E-state index contributed by atoms with van der Waals surface area (Å²) >= 11 is 1.35. The van der Waals surface area contributed by atoms with E-state index in [2.05, 4.69) is 27.4 Å². The van der Waals surface area contributed by atoms with Crippen LogP contribution < -0.4 is 5.32 Å². The monoisotopic (exact) mass is 366 g/mol. The third-order valence-electron chi connectivity index (χ3n) is 3.92. The minimum Gasteiger partial charge on any atom is -0.325 e. The maximum absolute atomic E-state index is 12.6. The number of rotatable bonds is 7. The topological polar surface area (TPSA) is 70.7 Å². The highest BCUT2D eigenvalue weighted by Crippen LogP contribution is 2.28. The molecule has 2 N–H and O–H groups in total. The molecule has 0 aliphatic rings. The average Bonchev–Trinajstić information content (AvgIpc) is 3.10. The van der Waals surface area contributed by atoms with Crippen LogP contribution in [0.3, 0.4) is 0 Å². The molecule has 0 spiro atoms. The zero-order valence-corrected chi connectivity index (χ0v) is 15.7. The minimum absolute atomic E-state index is 0.0692. The molecule has 1 atom stereocenters. The van der Waals surface area contributed by atoms with Gasteiger partial charge in [0.2, 0.25) is 11.1 Å². The first kappa shape index (κ1) is 18.2. The van der Waals surface area contributed by atoms with Gasteiger partial charge in [0.15, 0.2) is 0 Å². The van der Waals surface area contributed by atoms with Crippen molar-refractivity contribution in [1.82, 2.24) is 15.2 Å². The molecular weight excluding hydrogens is 344 g/mol. The largest absolute Gasteiger partial charge is 0.325 e. The molecule has 0 saturated carbocycles. The summed E-state index contributed by atoms with van der Waals surface area (Å²) in [4.78, 5) is 17.0. The summed E-state index contributed by atoms with van der Waals surface area (Å²) in [6.07, 6.45) is 1.87. The van der Waals surface area contributed by atoms with Crippen LogP contribution in [0.1, 0.15) is 26.1 Å². The zero-order chi connectivity index (χ0) is 18.4. The molecule has 134 valence electrons. The Kier molecular flexibility index (Phi) is 6.07. The predicted octanol–water partition coefficient (Wildman–Crippen LogP) is 4.54. The lowest BCUT2D eigenvalue weighted by Gasteiger charge is -2.14. The molecule has 0 bridgehead atoms. The van der Waals surface area contributed by atoms with Gasteiger partial charge < -0.3 is 5.32 Å². The SMILES string of the molecule is CCCc1nc(SC(C)C(=O)Nc2ccccc2-c2ccccc2)n[nH]1. The number of anilines is 1. The Labute approximate surface area is 157 Å². The van der Waals surface area contributed by atoms with Gasteiger partial charge in [-0.3, -0.25) is 9.89 Å². The molecule has 3 aromatic rings. The second kappa shape index (κ2) is 8.67. The van der Waals surface area contributed by atoms with Crippen LogP contribution in [0.5, 0.6) is 0 Å². The van der Waals surface area contributed by atoms with Crippen molar-refractivity contribution >= 4 is 23.4 Å². The van der Waals surface area contributed by atoms with Gasteiger partial charge in [0, 0.05) is 17.7 Å². The molecular formula is C20H22N4OS. The molecule has 6 heteroatoms. The molecule has 0 saturated heterocycles. The first-order valence-corrected chi connectivity index (χ1v) is 9.58. The Bertz CT molecular complexity index is 863. The molecule has 3 rings (SSSR count). The molecule has 1 amide bonds. The normalized spacial score (nSPS) is 11.9. The average molecular weight is 366 g/mol. The molecule has 0 aliphatic heterocycles. The van der Waals surface area contributed by atoms with E-state index in [9.17, 15) is 4.79 Å². The minimum atomic E-state index is -0.302. The molecule has 0 fully saturated rings. The quantitative estimate of drug-likeness (QED) is 0.602. The van der Waals surface area contributed by atoms with Gasteiger partial charge in [0.05, 0.1) is 5.25 Å². The Balaban J connectivity index is 1.69. The fraction of sp³-hybridized carbons (Fsp3) is 0.250. The number of aromatic amines is 1. The van der Waals surface area contributed by atoms with Crippen LogP contribution in [0, 0.1) is 0 Å². The fourth-order valence-electron chi connectivity index (χ4n) is 2.59.